The molecule has 9 heteroatoms. The van der Waals surface area contributed by atoms with E-state index in [4.69, 9.17) is 9.47 Å². The van der Waals surface area contributed by atoms with Crippen LogP contribution in [0.4, 0.5) is 0 Å². The van der Waals surface area contributed by atoms with E-state index in [1.165, 1.54) is 23.8 Å². The number of allylic oxidation sites excluding steroid dienone is 1. The Morgan fingerprint density at radius 1 is 1.19 bits per heavy atom. The molecule has 0 spiro atoms. The monoisotopic (exact) mass is 422 g/mol. The lowest BCUT2D eigenvalue weighted by atomic mass is 10.1. The van der Waals surface area contributed by atoms with Crippen LogP contribution in [0.3, 0.4) is 0 Å². The van der Waals surface area contributed by atoms with Crippen molar-refractivity contribution in [2.24, 2.45) is 7.05 Å². The van der Waals surface area contributed by atoms with Gasteiger partial charge in [-0.2, -0.15) is 0 Å². The second-order valence-corrected chi connectivity index (χ2v) is 6.54. The lowest BCUT2D eigenvalue weighted by Crippen LogP contribution is -2.27. The second kappa shape index (κ2) is 9.77. The van der Waals surface area contributed by atoms with E-state index in [0.717, 1.165) is 0 Å². The third-order valence-electron chi connectivity index (χ3n) is 4.55. The first kappa shape index (κ1) is 21.8. The summed E-state index contributed by atoms with van der Waals surface area (Å²) in [6, 6.07) is 8.30. The molecule has 0 fully saturated rings. The Bertz CT molecular complexity index is 1220. The number of rotatable bonds is 8. The summed E-state index contributed by atoms with van der Waals surface area (Å²) in [7, 11) is 4.49. The molecule has 0 radical (unpaired) electrons. The van der Waals surface area contributed by atoms with Crippen LogP contribution < -0.4 is 15.6 Å². The summed E-state index contributed by atoms with van der Waals surface area (Å²) in [6.45, 7) is 0.743. The Morgan fingerprint density at radius 3 is 2.74 bits per heavy atom. The molecule has 3 aromatic heterocycles. The molecule has 0 aliphatic heterocycles. The lowest BCUT2D eigenvalue weighted by molar-refractivity contribution is 0.0931. The average Bonchev–Trinajstić information content (AvgIpc) is 2.80. The molecule has 0 saturated heterocycles. The third kappa shape index (κ3) is 4.67. The summed E-state index contributed by atoms with van der Waals surface area (Å²) < 4.78 is 11.6. The number of ketones is 1. The minimum absolute atomic E-state index is 0.102. The molecule has 3 rings (SSSR count). The van der Waals surface area contributed by atoms with E-state index in [1.807, 2.05) is 0 Å². The first-order valence-corrected chi connectivity index (χ1v) is 9.46. The van der Waals surface area contributed by atoms with Crippen LogP contribution in [-0.4, -0.2) is 53.6 Å². The lowest BCUT2D eigenvalue weighted by Gasteiger charge is -2.12. The van der Waals surface area contributed by atoms with Crippen molar-refractivity contribution in [1.82, 2.24) is 19.9 Å². The third-order valence-corrected chi connectivity index (χ3v) is 4.55. The predicted octanol–water partition coefficient (Wildman–Crippen LogP) is 1.61. The van der Waals surface area contributed by atoms with Crippen LogP contribution in [0, 0.1) is 0 Å². The molecule has 160 valence electrons. The van der Waals surface area contributed by atoms with Gasteiger partial charge in [-0.05, 0) is 36.4 Å². The Hall–Kier alpha value is -3.85. The van der Waals surface area contributed by atoms with Crippen LogP contribution in [0.2, 0.25) is 0 Å². The van der Waals surface area contributed by atoms with E-state index < -0.39 is 11.3 Å². The van der Waals surface area contributed by atoms with Crippen molar-refractivity contribution in [1.29, 1.82) is 0 Å². The largest absolute Gasteiger partial charge is 0.495 e. The number of nitrogens with one attached hydrogen (secondary N) is 1. The smallest absolute Gasteiger partial charge is 0.269 e. The summed E-state index contributed by atoms with van der Waals surface area (Å²) in [4.78, 5) is 46.2. The minimum Gasteiger partial charge on any atom is -0.495 e. The number of fused-ring (bicyclic) bond motifs is 1. The summed E-state index contributed by atoms with van der Waals surface area (Å²) in [6.07, 6.45) is 4.24. The summed E-state index contributed by atoms with van der Waals surface area (Å²) in [5.74, 6) is -0.726. The van der Waals surface area contributed by atoms with E-state index in [9.17, 15) is 14.4 Å². The van der Waals surface area contributed by atoms with Gasteiger partial charge in [0.25, 0.3) is 11.5 Å². The molecule has 0 aliphatic carbocycles. The molecule has 1 amide bonds. The summed E-state index contributed by atoms with van der Waals surface area (Å²) in [5, 5.41) is 3.23. The maximum Gasteiger partial charge on any atom is 0.269 e. The van der Waals surface area contributed by atoms with Gasteiger partial charge in [0.15, 0.2) is 5.78 Å². The van der Waals surface area contributed by atoms with Crippen LogP contribution in [0.15, 0.2) is 47.4 Å². The summed E-state index contributed by atoms with van der Waals surface area (Å²) >= 11 is 0. The highest BCUT2D eigenvalue weighted by atomic mass is 16.5. The fourth-order valence-corrected chi connectivity index (χ4v) is 3.04. The Labute approximate surface area is 178 Å². The van der Waals surface area contributed by atoms with Gasteiger partial charge in [0, 0.05) is 26.9 Å². The number of carbonyl (C=O) groups is 2. The SMILES string of the molecule is COCCNC(=O)c1cccc(C=CC(=O)c2c(OC)c3cccnc3n(C)c2=O)n1. The molecule has 0 aliphatic rings. The Morgan fingerprint density at radius 2 is 2.00 bits per heavy atom. The number of hydrogen-bond donors (Lipinski definition) is 1. The molecule has 0 unspecified atom stereocenters. The van der Waals surface area contributed by atoms with E-state index in [0.29, 0.717) is 29.9 Å². The van der Waals surface area contributed by atoms with Gasteiger partial charge < -0.3 is 14.8 Å². The Balaban J connectivity index is 1.91. The van der Waals surface area contributed by atoms with Crippen LogP contribution in [0.1, 0.15) is 26.5 Å². The zero-order valence-corrected chi connectivity index (χ0v) is 17.4. The van der Waals surface area contributed by atoms with Gasteiger partial charge in [-0.25, -0.2) is 9.97 Å². The van der Waals surface area contributed by atoms with Crippen molar-refractivity contribution in [3.05, 3.63) is 69.9 Å². The first-order chi connectivity index (χ1) is 15.0. The standard InChI is InChI=1S/C22H22N4O5/c1-26-20-15(7-5-11-23-20)19(31-3)18(22(26)29)17(27)10-9-14-6-4-8-16(25-14)21(28)24-12-13-30-2/h4-11H,12-13H2,1-3H3,(H,24,28). The molecule has 3 aromatic rings. The maximum absolute atomic E-state index is 12.9. The van der Waals surface area contributed by atoms with Crippen molar-refractivity contribution in [2.45, 2.75) is 0 Å². The quantitative estimate of drug-likeness (QED) is 0.333. The van der Waals surface area contributed by atoms with E-state index in [2.05, 4.69) is 15.3 Å². The summed E-state index contributed by atoms with van der Waals surface area (Å²) in [5.41, 5.74) is 0.396. The van der Waals surface area contributed by atoms with Crippen molar-refractivity contribution >= 4 is 28.8 Å². The minimum atomic E-state index is -0.542. The number of aromatic nitrogens is 3. The molecule has 3 heterocycles. The highest BCUT2D eigenvalue weighted by molar-refractivity contribution is 6.11. The van der Waals surface area contributed by atoms with Gasteiger partial charge in [0.05, 0.1) is 24.8 Å². The van der Waals surface area contributed by atoms with E-state index in [-0.39, 0.29) is 22.9 Å². The van der Waals surface area contributed by atoms with Crippen LogP contribution in [0.25, 0.3) is 17.1 Å². The molecule has 9 nitrogen and oxygen atoms in total. The highest BCUT2D eigenvalue weighted by Crippen LogP contribution is 2.26. The number of aryl methyl sites for hydroxylation is 1. The zero-order valence-electron chi connectivity index (χ0n) is 17.4. The van der Waals surface area contributed by atoms with Gasteiger partial charge >= 0.3 is 0 Å². The molecule has 31 heavy (non-hydrogen) atoms. The average molecular weight is 422 g/mol. The first-order valence-electron chi connectivity index (χ1n) is 9.46. The second-order valence-electron chi connectivity index (χ2n) is 6.54. The number of nitrogens with zero attached hydrogens (tertiary/aromatic N) is 3. The number of hydrogen-bond acceptors (Lipinski definition) is 7. The molecule has 1 N–H and O–H groups in total. The zero-order chi connectivity index (χ0) is 22.4. The predicted molar refractivity (Wildman–Crippen MR) is 115 cm³/mol. The van der Waals surface area contributed by atoms with Gasteiger partial charge in [-0.15, -0.1) is 0 Å². The normalized spacial score (nSPS) is 11.1. The fraction of sp³-hybridized carbons (Fsp3) is 0.227. The van der Waals surface area contributed by atoms with E-state index >= 15 is 0 Å². The number of amides is 1. The van der Waals surface area contributed by atoms with Gasteiger partial charge in [0.2, 0.25) is 0 Å². The van der Waals surface area contributed by atoms with Crippen molar-refractivity contribution < 1.29 is 19.1 Å². The molecule has 0 bridgehead atoms. The van der Waals surface area contributed by atoms with E-state index in [1.54, 1.807) is 50.7 Å². The van der Waals surface area contributed by atoms with Crippen LogP contribution in [-0.2, 0) is 11.8 Å². The van der Waals surface area contributed by atoms with Crippen LogP contribution in [0.5, 0.6) is 5.75 Å². The molecule has 0 atom stereocenters. The Kier molecular flexibility index (Phi) is 6.88. The van der Waals surface area contributed by atoms with Gasteiger partial charge in [-0.3, -0.25) is 19.0 Å². The topological polar surface area (TPSA) is 112 Å². The number of ether oxygens (including phenoxy) is 2. The maximum atomic E-state index is 12.9. The van der Waals surface area contributed by atoms with Crippen molar-refractivity contribution in [3.8, 4) is 5.75 Å². The molecular formula is C22H22N4O5. The van der Waals surface area contributed by atoms with Crippen LogP contribution >= 0.6 is 0 Å². The highest BCUT2D eigenvalue weighted by Gasteiger charge is 2.21. The van der Waals surface area contributed by atoms with Crippen molar-refractivity contribution in [3.63, 3.8) is 0 Å². The molecular weight excluding hydrogens is 400 g/mol. The van der Waals surface area contributed by atoms with Crippen molar-refractivity contribution in [2.75, 3.05) is 27.4 Å². The fourth-order valence-electron chi connectivity index (χ4n) is 3.04. The molecule has 0 saturated carbocycles. The van der Waals surface area contributed by atoms with Gasteiger partial charge in [-0.1, -0.05) is 6.07 Å². The molecule has 0 aromatic carbocycles. The van der Waals surface area contributed by atoms with Gasteiger partial charge in [0.1, 0.15) is 22.7 Å². The number of pyridine rings is 3. The number of methoxy groups -OCH3 is 2. The number of carbonyl (C=O) groups excluding carboxylic acids is 2.